The van der Waals surface area contributed by atoms with Gasteiger partial charge in [0, 0.05) is 49.8 Å². The molecule has 17 atom stereocenters. The highest BCUT2D eigenvalue weighted by Gasteiger charge is 2.61. The summed E-state index contributed by atoms with van der Waals surface area (Å²) in [5, 5.41) is 2.90. The van der Waals surface area contributed by atoms with Gasteiger partial charge < -0.3 is 32.8 Å². The van der Waals surface area contributed by atoms with E-state index in [4.69, 9.17) is 27.5 Å². The van der Waals surface area contributed by atoms with Gasteiger partial charge in [0.1, 0.15) is 12.2 Å². The lowest BCUT2D eigenvalue weighted by Gasteiger charge is -2.59. The summed E-state index contributed by atoms with van der Waals surface area (Å²) in [6.07, 6.45) is 16.9. The highest BCUT2D eigenvalue weighted by molar-refractivity contribution is 6.62. The number of carbonyl (C=O) groups excluding carboxylic acids is 2. The van der Waals surface area contributed by atoms with Crippen LogP contribution in [0.25, 0.3) is 0 Å². The van der Waals surface area contributed by atoms with Crippen LogP contribution in [0, 0.1) is 71.0 Å². The Morgan fingerprint density at radius 2 is 1.32 bits per heavy atom. The number of rotatable bonds is 6. The van der Waals surface area contributed by atoms with Crippen LogP contribution in [0.15, 0.2) is 12.7 Å². The number of carbonyl (C=O) groups is 2. The van der Waals surface area contributed by atoms with Crippen LogP contribution in [0.3, 0.4) is 0 Å². The third-order valence-corrected chi connectivity index (χ3v) is 19.6. The summed E-state index contributed by atoms with van der Waals surface area (Å²) in [5.41, 5.74) is 0.452. The number of hydrogen-bond donors (Lipinski definition) is 1. The molecule has 50 heavy (non-hydrogen) atoms. The molecule has 3 aliphatic heterocycles. The van der Waals surface area contributed by atoms with E-state index in [0.29, 0.717) is 72.6 Å². The summed E-state index contributed by atoms with van der Waals surface area (Å²) in [4.78, 5) is 24.9. The summed E-state index contributed by atoms with van der Waals surface area (Å²) >= 11 is 0. The average molecular weight is 712 g/mol. The van der Waals surface area contributed by atoms with E-state index in [2.05, 4.69) is 25.7 Å². The lowest BCUT2D eigenvalue weighted by Crippen LogP contribution is -2.59. The summed E-state index contributed by atoms with van der Waals surface area (Å²) in [6, 6.07) is 0. The van der Waals surface area contributed by atoms with Gasteiger partial charge in [-0.1, -0.05) is 6.58 Å². The molecule has 1 amide bonds. The molecule has 17 unspecified atom stereocenters. The minimum Gasteiger partial charge on any atom is -0.459 e. The molecular formula is C40H61NO8Si. The van der Waals surface area contributed by atoms with Crippen LogP contribution in [0.4, 0.5) is 4.79 Å². The van der Waals surface area contributed by atoms with Crippen molar-refractivity contribution >= 4 is 20.9 Å². The van der Waals surface area contributed by atoms with Gasteiger partial charge in [-0.25, -0.2) is 9.59 Å². The zero-order chi connectivity index (χ0) is 34.1. The summed E-state index contributed by atoms with van der Waals surface area (Å²) < 4.78 is 38.6. The van der Waals surface area contributed by atoms with E-state index in [-0.39, 0.29) is 36.5 Å². The summed E-state index contributed by atoms with van der Waals surface area (Å²) in [5.74, 6) is 6.76. The zero-order valence-corrected chi connectivity index (χ0v) is 31.4. The normalized spacial score (nSPS) is 50.0. The van der Waals surface area contributed by atoms with E-state index in [1.165, 1.54) is 63.9 Å². The molecule has 1 N–H and O–H groups in total. The lowest BCUT2D eigenvalue weighted by molar-refractivity contribution is -0.207. The molecule has 0 spiro atoms. The lowest BCUT2D eigenvalue weighted by atomic mass is 9.49. The first-order valence-corrected chi connectivity index (χ1v) is 22.5. The van der Waals surface area contributed by atoms with Crippen molar-refractivity contribution in [3.8, 4) is 0 Å². The van der Waals surface area contributed by atoms with Gasteiger partial charge in [0.2, 0.25) is 0 Å². The molecular weight excluding hydrogens is 651 g/mol. The van der Waals surface area contributed by atoms with E-state index in [9.17, 15) is 9.59 Å². The van der Waals surface area contributed by atoms with Crippen molar-refractivity contribution in [2.75, 3.05) is 26.4 Å². The molecule has 0 radical (unpaired) electrons. The molecule has 3 saturated heterocycles. The van der Waals surface area contributed by atoms with Gasteiger partial charge in [0.15, 0.2) is 0 Å². The molecule has 0 aromatic rings. The zero-order valence-electron chi connectivity index (χ0n) is 30.4. The van der Waals surface area contributed by atoms with E-state index in [1.54, 1.807) is 0 Å². The van der Waals surface area contributed by atoms with Crippen molar-refractivity contribution in [1.29, 1.82) is 0 Å². The Hall–Kier alpha value is -1.46. The monoisotopic (exact) mass is 711 g/mol. The summed E-state index contributed by atoms with van der Waals surface area (Å²) in [7, 11) is -2.67. The molecule has 278 valence electrons. The van der Waals surface area contributed by atoms with Gasteiger partial charge in [0.25, 0.3) is 0 Å². The fraction of sp³-hybridized carbons (Fsp3) is 0.900. The maximum Gasteiger partial charge on any atom is 0.504 e. The fourth-order valence-corrected chi connectivity index (χ4v) is 17.7. The van der Waals surface area contributed by atoms with Crippen molar-refractivity contribution in [2.24, 2.45) is 71.0 Å². The van der Waals surface area contributed by atoms with E-state index >= 15 is 0 Å². The van der Waals surface area contributed by atoms with Crippen LogP contribution in [0.1, 0.15) is 97.3 Å². The smallest absolute Gasteiger partial charge is 0.459 e. The fourth-order valence-electron chi connectivity index (χ4n) is 14.1. The van der Waals surface area contributed by atoms with Crippen LogP contribution < -0.4 is 5.32 Å². The Kier molecular flexibility index (Phi) is 9.43. The molecule has 0 bridgehead atoms. The first kappa shape index (κ1) is 34.3. The summed E-state index contributed by atoms with van der Waals surface area (Å²) in [6.45, 7) is 10.8. The molecule has 6 saturated carbocycles. The second kappa shape index (κ2) is 13.7. The maximum absolute atomic E-state index is 13.0. The number of hydrogen-bond acceptors (Lipinski definition) is 8. The quantitative estimate of drug-likeness (QED) is 0.180. The maximum atomic E-state index is 13.0. The van der Waals surface area contributed by atoms with E-state index in [1.807, 2.05) is 0 Å². The second-order valence-corrected chi connectivity index (χ2v) is 20.9. The topological polar surface area (TPSA) is 102 Å². The largest absolute Gasteiger partial charge is 0.504 e. The number of alkyl carbamates (subject to hydrolysis) is 1. The molecule has 9 fully saturated rings. The van der Waals surface area contributed by atoms with E-state index in [0.717, 1.165) is 56.0 Å². The first-order valence-electron chi connectivity index (χ1n) is 20.7. The standard InChI is InChI=1S/C40H61NO8Si/c1-4-38(42)49-39-32-16-25-10-23-9-22-7-8-46-50(44-5-2,45-6-3)37(22)19-26(23)11-24(25)12-27(32)13-28-14-29-15-30-17-35-31(21-41-40(43)48-35)18-34(30)47-36(29)20-33(28)39/h4,22-37,39H,1,5-21H2,2-3H3,(H,41,43). The highest BCUT2D eigenvalue weighted by atomic mass is 28.4. The first-order chi connectivity index (χ1) is 24.3. The Balaban J connectivity index is 0.911. The SMILES string of the molecule is C=CC(=O)OC1C2CC3CC4CC5CCO[Si](OCC)(OCC)C5CC4CC3CC2CC2CC3CC4CC5OC(=O)NCC5CC4OC3CC21. The number of ether oxygens (including phenoxy) is 3. The Bertz CT molecular complexity index is 1290. The third-order valence-electron chi connectivity index (χ3n) is 16.0. The van der Waals surface area contributed by atoms with Crippen molar-refractivity contribution in [3.05, 3.63) is 12.7 Å². The molecule has 0 aromatic carbocycles. The molecule has 0 aromatic heterocycles. The average Bonchev–Trinajstić information content (AvgIpc) is 3.10. The Morgan fingerprint density at radius 3 is 2.08 bits per heavy atom. The van der Waals surface area contributed by atoms with Gasteiger partial charge in [-0.15, -0.1) is 0 Å². The second-order valence-electron chi connectivity index (χ2n) is 18.1. The van der Waals surface area contributed by atoms with Gasteiger partial charge in [-0.05, 0) is 156 Å². The number of fused-ring (bicyclic) bond motifs is 8. The van der Waals surface area contributed by atoms with Crippen LogP contribution in [-0.4, -0.2) is 71.6 Å². The molecule has 9 nitrogen and oxygen atoms in total. The van der Waals surface area contributed by atoms with Crippen LogP contribution >= 0.6 is 0 Å². The van der Waals surface area contributed by atoms with Crippen LogP contribution in [-0.2, 0) is 32.3 Å². The Labute approximate surface area is 300 Å². The van der Waals surface area contributed by atoms with Crippen molar-refractivity contribution in [1.82, 2.24) is 5.32 Å². The van der Waals surface area contributed by atoms with E-state index < -0.39 is 8.80 Å². The van der Waals surface area contributed by atoms with Gasteiger partial charge in [-0.3, -0.25) is 0 Å². The third kappa shape index (κ3) is 6.03. The molecule has 9 aliphatic rings. The van der Waals surface area contributed by atoms with Crippen molar-refractivity contribution in [3.63, 3.8) is 0 Å². The predicted octanol–water partition coefficient (Wildman–Crippen LogP) is 6.92. The molecule has 10 heteroatoms. The van der Waals surface area contributed by atoms with Gasteiger partial charge in [0.05, 0.1) is 12.2 Å². The minimum absolute atomic E-state index is 0.0295. The highest BCUT2D eigenvalue weighted by Crippen LogP contribution is 2.62. The molecule has 3 heterocycles. The van der Waals surface area contributed by atoms with Gasteiger partial charge >= 0.3 is 20.9 Å². The number of amides is 1. The number of nitrogens with one attached hydrogen (secondary N) is 1. The predicted molar refractivity (Wildman–Crippen MR) is 188 cm³/mol. The molecule has 6 aliphatic carbocycles. The van der Waals surface area contributed by atoms with Crippen molar-refractivity contribution < 1.29 is 37.1 Å². The van der Waals surface area contributed by atoms with Crippen LogP contribution in [0.2, 0.25) is 5.54 Å². The number of esters is 1. The van der Waals surface area contributed by atoms with Gasteiger partial charge in [-0.2, -0.15) is 0 Å². The van der Waals surface area contributed by atoms with Crippen LogP contribution in [0.5, 0.6) is 0 Å². The van der Waals surface area contributed by atoms with Crippen molar-refractivity contribution in [2.45, 2.75) is 127 Å². The Morgan fingerprint density at radius 1 is 0.740 bits per heavy atom. The molecule has 9 rings (SSSR count). The minimum atomic E-state index is -2.67.